The molecule has 1 aromatic heterocycles. The second-order valence-corrected chi connectivity index (χ2v) is 7.87. The van der Waals surface area contributed by atoms with Gasteiger partial charge in [0.05, 0.1) is 18.8 Å². The summed E-state index contributed by atoms with van der Waals surface area (Å²) in [6.45, 7) is 0.160. The van der Waals surface area contributed by atoms with E-state index in [1.54, 1.807) is 0 Å². The molecule has 3 aromatic rings. The fourth-order valence-electron chi connectivity index (χ4n) is 3.39. The number of ether oxygens (including phenoxy) is 1. The second-order valence-electron chi connectivity index (χ2n) is 7.43. The molecule has 0 spiro atoms. The summed E-state index contributed by atoms with van der Waals surface area (Å²) in [5.41, 5.74) is 5.41. The number of nitrogen functional groups attached to an aromatic ring is 1. The number of hydrogen-bond donors (Lipinski definition) is 3. The highest BCUT2D eigenvalue weighted by molar-refractivity contribution is 6.30. The topological polar surface area (TPSA) is 122 Å². The molecule has 0 aliphatic heterocycles. The standard InChI is InChI=1S/C23H25ClFN5O4/c1-34-11-5-10-29(19(31)13-27-18-12-16(24)8-9-17(18)25)20-21(26)30(23(33)28-22(20)32)14-15-6-3-2-4-7-15/h2-4,6-9,12,27H,5,10-11,13-14,26H2,1H3,(H,28,32,33). The van der Waals surface area contributed by atoms with E-state index >= 15 is 0 Å². The Morgan fingerprint density at radius 1 is 1.24 bits per heavy atom. The van der Waals surface area contributed by atoms with Crippen LogP contribution in [0.4, 0.5) is 21.6 Å². The van der Waals surface area contributed by atoms with E-state index in [-0.39, 0.29) is 36.8 Å². The van der Waals surface area contributed by atoms with E-state index in [4.69, 9.17) is 22.1 Å². The maximum absolute atomic E-state index is 14.0. The van der Waals surface area contributed by atoms with Crippen molar-refractivity contribution >= 4 is 34.7 Å². The van der Waals surface area contributed by atoms with Gasteiger partial charge >= 0.3 is 5.69 Å². The monoisotopic (exact) mass is 489 g/mol. The van der Waals surface area contributed by atoms with E-state index in [1.807, 2.05) is 30.3 Å². The first-order chi connectivity index (χ1) is 16.3. The van der Waals surface area contributed by atoms with Gasteiger partial charge in [0.1, 0.15) is 11.6 Å². The molecule has 0 fully saturated rings. The third kappa shape index (κ3) is 6.03. The molecule has 2 aromatic carbocycles. The molecule has 0 aliphatic rings. The smallest absolute Gasteiger partial charge is 0.330 e. The Bertz CT molecular complexity index is 1260. The van der Waals surface area contributed by atoms with E-state index in [2.05, 4.69) is 10.3 Å². The van der Waals surface area contributed by atoms with Gasteiger partial charge in [0.15, 0.2) is 5.69 Å². The van der Waals surface area contributed by atoms with Crippen molar-refractivity contribution in [2.75, 3.05) is 42.8 Å². The van der Waals surface area contributed by atoms with Crippen molar-refractivity contribution < 1.29 is 13.9 Å². The van der Waals surface area contributed by atoms with Crippen molar-refractivity contribution in [1.82, 2.24) is 9.55 Å². The van der Waals surface area contributed by atoms with Gasteiger partial charge in [-0.25, -0.2) is 9.18 Å². The summed E-state index contributed by atoms with van der Waals surface area (Å²) in [6, 6.07) is 13.0. The number of hydrogen-bond acceptors (Lipinski definition) is 6. The van der Waals surface area contributed by atoms with Gasteiger partial charge < -0.3 is 20.7 Å². The number of H-pyrrole nitrogens is 1. The molecule has 0 aliphatic carbocycles. The highest BCUT2D eigenvalue weighted by Crippen LogP contribution is 2.21. The molecule has 0 radical (unpaired) electrons. The number of carbonyl (C=O) groups is 1. The molecular formula is C23H25ClFN5O4. The van der Waals surface area contributed by atoms with Crippen LogP contribution in [0.5, 0.6) is 0 Å². The molecule has 1 heterocycles. The first-order valence-corrected chi connectivity index (χ1v) is 10.8. The van der Waals surface area contributed by atoms with Crippen molar-refractivity contribution in [3.05, 3.63) is 85.8 Å². The summed E-state index contributed by atoms with van der Waals surface area (Å²) in [5.74, 6) is -1.30. The van der Waals surface area contributed by atoms with E-state index in [0.29, 0.717) is 18.1 Å². The van der Waals surface area contributed by atoms with Crippen LogP contribution in [-0.2, 0) is 16.1 Å². The zero-order valence-corrected chi connectivity index (χ0v) is 19.3. The normalized spacial score (nSPS) is 10.8. The summed E-state index contributed by atoms with van der Waals surface area (Å²) in [6.07, 6.45) is 0.393. The van der Waals surface area contributed by atoms with Crippen LogP contribution in [-0.4, -0.2) is 42.3 Å². The van der Waals surface area contributed by atoms with Crippen LogP contribution in [0.3, 0.4) is 0 Å². The number of nitrogens with two attached hydrogens (primary N) is 1. The number of methoxy groups -OCH3 is 1. The van der Waals surface area contributed by atoms with Gasteiger partial charge in [0.25, 0.3) is 5.56 Å². The van der Waals surface area contributed by atoms with E-state index in [1.165, 1.54) is 34.8 Å². The molecule has 0 atom stereocenters. The van der Waals surface area contributed by atoms with Gasteiger partial charge in [-0.1, -0.05) is 41.9 Å². The average molecular weight is 490 g/mol. The number of nitrogens with zero attached hydrogens (tertiary/aromatic N) is 2. The third-order valence-electron chi connectivity index (χ3n) is 5.06. The lowest BCUT2D eigenvalue weighted by molar-refractivity contribution is -0.117. The number of aromatic amines is 1. The quantitative estimate of drug-likeness (QED) is 0.376. The van der Waals surface area contributed by atoms with Crippen LogP contribution >= 0.6 is 11.6 Å². The summed E-state index contributed by atoms with van der Waals surface area (Å²) in [5, 5.41) is 2.99. The summed E-state index contributed by atoms with van der Waals surface area (Å²) >= 11 is 5.91. The highest BCUT2D eigenvalue weighted by atomic mass is 35.5. The number of nitrogens with one attached hydrogen (secondary N) is 2. The Labute approximate surface area is 199 Å². The average Bonchev–Trinajstić information content (AvgIpc) is 2.81. The van der Waals surface area contributed by atoms with Gasteiger partial charge in [-0.15, -0.1) is 0 Å². The maximum atomic E-state index is 14.0. The molecule has 9 nitrogen and oxygen atoms in total. The number of aromatic nitrogens is 2. The van der Waals surface area contributed by atoms with Crippen LogP contribution in [0.15, 0.2) is 58.1 Å². The minimum absolute atomic E-state index is 0.0358. The van der Waals surface area contributed by atoms with Gasteiger partial charge in [0, 0.05) is 25.3 Å². The fourth-order valence-corrected chi connectivity index (χ4v) is 3.56. The number of anilines is 3. The van der Waals surface area contributed by atoms with Crippen molar-refractivity contribution in [3.8, 4) is 0 Å². The highest BCUT2D eigenvalue weighted by Gasteiger charge is 2.24. The lowest BCUT2D eigenvalue weighted by Crippen LogP contribution is -2.44. The predicted molar refractivity (Wildman–Crippen MR) is 130 cm³/mol. The lowest BCUT2D eigenvalue weighted by Gasteiger charge is -2.25. The second kappa shape index (κ2) is 11.5. The Morgan fingerprint density at radius 3 is 2.68 bits per heavy atom. The summed E-state index contributed by atoms with van der Waals surface area (Å²) < 4.78 is 20.3. The number of halogens is 2. The fraction of sp³-hybridized carbons (Fsp3) is 0.261. The van der Waals surface area contributed by atoms with E-state index < -0.39 is 23.0 Å². The molecule has 0 saturated heterocycles. The van der Waals surface area contributed by atoms with Crippen molar-refractivity contribution in [3.63, 3.8) is 0 Å². The Balaban J connectivity index is 1.94. The summed E-state index contributed by atoms with van der Waals surface area (Å²) in [4.78, 5) is 41.8. The zero-order chi connectivity index (χ0) is 24.7. The SMILES string of the molecule is COCCCN(C(=O)CNc1cc(Cl)ccc1F)c1c(N)n(Cc2ccccc2)c(=O)[nH]c1=O. The molecule has 0 bridgehead atoms. The van der Waals surface area contributed by atoms with E-state index in [0.717, 1.165) is 5.56 Å². The van der Waals surface area contributed by atoms with Crippen LogP contribution in [0.2, 0.25) is 5.02 Å². The third-order valence-corrected chi connectivity index (χ3v) is 5.29. The zero-order valence-electron chi connectivity index (χ0n) is 18.5. The number of benzene rings is 2. The molecule has 0 saturated carbocycles. The van der Waals surface area contributed by atoms with Crippen molar-refractivity contribution in [1.29, 1.82) is 0 Å². The van der Waals surface area contributed by atoms with Gasteiger partial charge in [-0.2, -0.15) is 0 Å². The van der Waals surface area contributed by atoms with Crippen LogP contribution in [0.25, 0.3) is 0 Å². The Kier molecular flexibility index (Phi) is 8.44. The van der Waals surface area contributed by atoms with Gasteiger partial charge in [-0.05, 0) is 30.2 Å². The van der Waals surface area contributed by atoms with Crippen molar-refractivity contribution in [2.24, 2.45) is 0 Å². The molecule has 0 unspecified atom stereocenters. The Hall–Kier alpha value is -3.63. The first kappa shape index (κ1) is 25.0. The Morgan fingerprint density at radius 2 is 1.97 bits per heavy atom. The van der Waals surface area contributed by atoms with E-state index in [9.17, 15) is 18.8 Å². The maximum Gasteiger partial charge on any atom is 0.330 e. The van der Waals surface area contributed by atoms with Gasteiger partial charge in [0.2, 0.25) is 5.91 Å². The lowest BCUT2D eigenvalue weighted by atomic mass is 10.2. The molecule has 4 N–H and O–H groups in total. The largest absolute Gasteiger partial charge is 0.385 e. The molecule has 1 amide bonds. The van der Waals surface area contributed by atoms with Crippen molar-refractivity contribution in [2.45, 2.75) is 13.0 Å². The molecule has 180 valence electrons. The number of carbonyl (C=O) groups excluding carboxylic acids is 1. The van der Waals surface area contributed by atoms with Gasteiger partial charge in [-0.3, -0.25) is 19.1 Å². The number of rotatable bonds is 10. The molecule has 3 rings (SSSR count). The molecule has 34 heavy (non-hydrogen) atoms. The van der Waals surface area contributed by atoms with Crippen LogP contribution in [0.1, 0.15) is 12.0 Å². The minimum atomic E-state index is -0.800. The predicted octanol–water partition coefficient (Wildman–Crippen LogP) is 2.44. The number of amides is 1. The van der Waals surface area contributed by atoms with Crippen LogP contribution in [0, 0.1) is 5.82 Å². The molecular weight excluding hydrogens is 465 g/mol. The first-order valence-electron chi connectivity index (χ1n) is 10.5. The molecule has 11 heteroatoms. The summed E-state index contributed by atoms with van der Waals surface area (Å²) in [7, 11) is 1.51. The minimum Gasteiger partial charge on any atom is -0.385 e. The van der Waals surface area contributed by atoms with Crippen LogP contribution < -0.4 is 27.2 Å².